The Morgan fingerprint density at radius 2 is 1.58 bits per heavy atom. The number of aryl methyl sites for hydroxylation is 1. The third-order valence-electron chi connectivity index (χ3n) is 7.86. The molecular weight excluding hydrogens is 544 g/mol. The highest BCUT2D eigenvalue weighted by Gasteiger charge is 2.33. The van der Waals surface area contributed by atoms with Gasteiger partial charge in [0.25, 0.3) is 5.91 Å². The van der Waals surface area contributed by atoms with Crippen molar-refractivity contribution in [2.75, 3.05) is 18.0 Å². The summed E-state index contributed by atoms with van der Waals surface area (Å²) >= 11 is 0. The van der Waals surface area contributed by atoms with Gasteiger partial charge in [0, 0.05) is 29.8 Å². The van der Waals surface area contributed by atoms with Gasteiger partial charge < -0.3 is 25.6 Å². The van der Waals surface area contributed by atoms with Crippen molar-refractivity contribution in [1.82, 2.24) is 16.0 Å². The number of benzene rings is 3. The maximum absolute atomic E-state index is 13.9. The van der Waals surface area contributed by atoms with Crippen LogP contribution in [0.25, 0.3) is 11.1 Å². The van der Waals surface area contributed by atoms with E-state index in [1.165, 1.54) is 0 Å². The van der Waals surface area contributed by atoms with Crippen molar-refractivity contribution in [3.8, 4) is 11.1 Å². The van der Waals surface area contributed by atoms with E-state index in [4.69, 9.17) is 4.74 Å². The van der Waals surface area contributed by atoms with Gasteiger partial charge in [0.05, 0.1) is 6.54 Å². The molecule has 3 aromatic rings. The van der Waals surface area contributed by atoms with E-state index in [1.807, 2.05) is 74.5 Å². The van der Waals surface area contributed by atoms with Gasteiger partial charge in [-0.3, -0.25) is 19.2 Å². The van der Waals surface area contributed by atoms with Crippen LogP contribution in [0.1, 0.15) is 55.1 Å². The highest BCUT2D eigenvalue weighted by Crippen LogP contribution is 2.30. The summed E-state index contributed by atoms with van der Waals surface area (Å²) in [6.45, 7) is 5.89. The lowest BCUT2D eigenvalue weighted by atomic mass is 9.98. The molecule has 0 radical (unpaired) electrons. The van der Waals surface area contributed by atoms with Crippen molar-refractivity contribution < 1.29 is 23.9 Å². The van der Waals surface area contributed by atoms with E-state index in [1.54, 1.807) is 24.0 Å². The molecule has 9 heteroatoms. The second kappa shape index (κ2) is 12.8. The molecule has 0 spiro atoms. The summed E-state index contributed by atoms with van der Waals surface area (Å²) in [5, 5.41) is 8.96. The molecule has 3 aliphatic heterocycles. The number of nitrogens with zero attached hydrogens (tertiary/aromatic N) is 1. The number of hydrogen-bond acceptors (Lipinski definition) is 6. The summed E-state index contributed by atoms with van der Waals surface area (Å²) in [4.78, 5) is 54.5. The second-order valence-corrected chi connectivity index (χ2v) is 11.9. The van der Waals surface area contributed by atoms with Crippen LogP contribution in [0.3, 0.4) is 0 Å². The molecular formula is C34H38N4O5. The van der Waals surface area contributed by atoms with Crippen molar-refractivity contribution in [2.45, 2.75) is 64.3 Å². The second-order valence-electron chi connectivity index (χ2n) is 11.9. The van der Waals surface area contributed by atoms with Gasteiger partial charge in [-0.15, -0.1) is 0 Å². The lowest BCUT2D eigenvalue weighted by Gasteiger charge is -2.29. The van der Waals surface area contributed by atoms with Gasteiger partial charge in [0.1, 0.15) is 18.7 Å². The van der Waals surface area contributed by atoms with Gasteiger partial charge in [-0.25, -0.2) is 0 Å². The lowest BCUT2D eigenvalue weighted by molar-refractivity contribution is -0.147. The van der Waals surface area contributed by atoms with E-state index in [0.29, 0.717) is 31.5 Å². The third kappa shape index (κ3) is 7.29. The quantitative estimate of drug-likeness (QED) is 0.275. The number of rotatable bonds is 0. The van der Waals surface area contributed by atoms with E-state index < -0.39 is 23.7 Å². The van der Waals surface area contributed by atoms with E-state index in [9.17, 15) is 19.2 Å². The zero-order valence-electron chi connectivity index (χ0n) is 24.8. The maximum Gasteiger partial charge on any atom is 0.325 e. The number of fused-ring (bicyclic) bond motifs is 14. The zero-order chi connectivity index (χ0) is 30.6. The topological polar surface area (TPSA) is 117 Å². The van der Waals surface area contributed by atoms with Crippen LogP contribution >= 0.6 is 0 Å². The molecule has 3 aliphatic rings. The molecule has 3 aromatic carbocycles. The number of esters is 1. The summed E-state index contributed by atoms with van der Waals surface area (Å²) in [7, 11) is 0. The monoisotopic (exact) mass is 582 g/mol. The first-order valence-electron chi connectivity index (χ1n) is 14.7. The molecule has 43 heavy (non-hydrogen) atoms. The van der Waals surface area contributed by atoms with Crippen LogP contribution in [-0.4, -0.2) is 54.5 Å². The van der Waals surface area contributed by atoms with Gasteiger partial charge in [0.2, 0.25) is 11.8 Å². The predicted octanol–water partition coefficient (Wildman–Crippen LogP) is 3.75. The third-order valence-corrected chi connectivity index (χ3v) is 7.86. The first-order valence-corrected chi connectivity index (χ1v) is 14.7. The molecule has 6 rings (SSSR count). The largest absolute Gasteiger partial charge is 0.460 e. The Morgan fingerprint density at radius 3 is 2.35 bits per heavy atom. The van der Waals surface area contributed by atoms with Gasteiger partial charge in [-0.1, -0.05) is 60.7 Å². The molecule has 3 heterocycles. The lowest BCUT2D eigenvalue weighted by Crippen LogP contribution is -2.51. The van der Waals surface area contributed by atoms with Crippen molar-refractivity contribution in [1.29, 1.82) is 0 Å². The van der Waals surface area contributed by atoms with Crippen LogP contribution < -0.4 is 20.9 Å². The minimum absolute atomic E-state index is 0.126. The number of para-hydroxylation sites is 1. The Hall–Kier alpha value is -4.50. The maximum atomic E-state index is 13.9. The number of anilines is 1. The van der Waals surface area contributed by atoms with Crippen molar-refractivity contribution in [3.63, 3.8) is 0 Å². The minimum Gasteiger partial charge on any atom is -0.460 e. The predicted molar refractivity (Wildman–Crippen MR) is 164 cm³/mol. The summed E-state index contributed by atoms with van der Waals surface area (Å²) in [6, 6.07) is 22.1. The van der Waals surface area contributed by atoms with Crippen molar-refractivity contribution >= 4 is 29.4 Å². The number of ether oxygens (including phenoxy) is 1. The normalized spacial score (nSPS) is 21.6. The molecule has 0 unspecified atom stereocenters. The van der Waals surface area contributed by atoms with Crippen LogP contribution in [-0.2, 0) is 32.1 Å². The van der Waals surface area contributed by atoms with Crippen molar-refractivity contribution in [3.05, 3.63) is 89.5 Å². The van der Waals surface area contributed by atoms with Gasteiger partial charge in [-0.05, 0) is 68.0 Å². The van der Waals surface area contributed by atoms with Gasteiger partial charge >= 0.3 is 5.97 Å². The SMILES string of the molecule is C[C@@H]1CNC(C)(C)CC(=O)N[C@@H]2CCc3ccccc3N(Cc3ccc(cc3)-c3ccccc3C(=O)NCC(=O)O1)C2=O. The average molecular weight is 583 g/mol. The Balaban J connectivity index is 1.49. The van der Waals surface area contributed by atoms with Crippen LogP contribution in [0.4, 0.5) is 5.69 Å². The average Bonchev–Trinajstić information content (AvgIpc) is 3.11. The van der Waals surface area contributed by atoms with Gasteiger partial charge in [0.15, 0.2) is 0 Å². The Morgan fingerprint density at radius 1 is 0.884 bits per heavy atom. The summed E-state index contributed by atoms with van der Waals surface area (Å²) in [6.07, 6.45) is 0.787. The number of carbonyl (C=O) groups excluding carboxylic acids is 4. The Kier molecular flexibility index (Phi) is 8.92. The standard InChI is InChI=1S/C34H38N4O5/c1-22-19-36-34(2,3)18-30(39)37-28-17-16-25-8-4-7-11-29(25)38(33(28)42)21-23-12-14-24(15-13-23)26-9-5-6-10-27(26)32(41)35-20-31(40)43-22/h4-15,22,28,36H,16-21H2,1-3H3,(H,35,41)(H,37,39)/t22-,28-/m1/s1. The Bertz CT molecular complexity index is 1520. The molecule has 3 amide bonds. The molecule has 0 fully saturated rings. The van der Waals surface area contributed by atoms with E-state index in [2.05, 4.69) is 16.0 Å². The number of amides is 3. The Labute approximate surface area is 252 Å². The number of carbonyl (C=O) groups is 4. The molecule has 2 atom stereocenters. The number of nitrogens with one attached hydrogen (secondary N) is 3. The van der Waals surface area contributed by atoms with Crippen LogP contribution in [0.2, 0.25) is 0 Å². The summed E-state index contributed by atoms with van der Waals surface area (Å²) < 4.78 is 5.48. The number of hydrogen-bond donors (Lipinski definition) is 3. The van der Waals surface area contributed by atoms with Crippen molar-refractivity contribution in [2.24, 2.45) is 0 Å². The fourth-order valence-electron chi connectivity index (χ4n) is 5.60. The fourth-order valence-corrected chi connectivity index (χ4v) is 5.60. The van der Waals surface area contributed by atoms with Crippen LogP contribution in [0, 0.1) is 0 Å². The molecule has 0 aromatic heterocycles. The van der Waals surface area contributed by atoms with Crippen LogP contribution in [0.5, 0.6) is 0 Å². The van der Waals surface area contributed by atoms with Gasteiger partial charge in [-0.2, -0.15) is 0 Å². The van der Waals surface area contributed by atoms with E-state index in [-0.39, 0.29) is 30.7 Å². The first-order chi connectivity index (χ1) is 20.6. The van der Waals surface area contributed by atoms with E-state index in [0.717, 1.165) is 27.9 Å². The zero-order valence-corrected chi connectivity index (χ0v) is 24.8. The van der Waals surface area contributed by atoms with Crippen LogP contribution in [0.15, 0.2) is 72.8 Å². The highest BCUT2D eigenvalue weighted by molar-refractivity contribution is 6.02. The molecule has 224 valence electrons. The highest BCUT2D eigenvalue weighted by atomic mass is 16.5. The molecule has 4 bridgehead atoms. The minimum atomic E-state index is -0.668. The molecule has 3 N–H and O–H groups in total. The summed E-state index contributed by atoms with van der Waals surface area (Å²) in [5.41, 5.74) is 4.17. The summed E-state index contributed by atoms with van der Waals surface area (Å²) in [5.74, 6) is -1.33. The fraction of sp³-hybridized carbons (Fsp3) is 0.353. The van der Waals surface area contributed by atoms with E-state index >= 15 is 0 Å². The smallest absolute Gasteiger partial charge is 0.325 e. The molecule has 0 saturated heterocycles. The molecule has 0 saturated carbocycles. The molecule has 9 nitrogen and oxygen atoms in total. The first kappa shape index (κ1) is 30.0. The molecule has 0 aliphatic carbocycles.